The number of esters is 1. The molecule has 0 fully saturated rings. The molecule has 4 nitrogen and oxygen atoms in total. The molecular weight excluding hydrogens is 216 g/mol. The van der Waals surface area contributed by atoms with Gasteiger partial charge < -0.3 is 4.74 Å². The molecule has 5 heteroatoms. The van der Waals surface area contributed by atoms with Crippen LogP contribution in [-0.4, -0.2) is 23.0 Å². The average molecular weight is 223 g/mol. The highest BCUT2D eigenvalue weighted by atomic mass is 35.5. The summed E-state index contributed by atoms with van der Waals surface area (Å²) in [5.41, 5.74) is 1.51. The van der Waals surface area contributed by atoms with E-state index < -0.39 is 5.97 Å². The van der Waals surface area contributed by atoms with E-state index in [9.17, 15) is 4.79 Å². The fourth-order valence-electron chi connectivity index (χ4n) is 1.23. The summed E-state index contributed by atoms with van der Waals surface area (Å²) in [5.74, 6) is -0.439. The van der Waals surface area contributed by atoms with E-state index in [0.29, 0.717) is 21.6 Å². The van der Waals surface area contributed by atoms with Gasteiger partial charge in [0.05, 0.1) is 23.2 Å². The maximum Gasteiger partial charge on any atom is 0.339 e. The number of aromatic nitrogens is 2. The quantitative estimate of drug-likeness (QED) is 0.693. The number of methoxy groups -OCH3 is 1. The Morgan fingerprint density at radius 2 is 2.27 bits per heavy atom. The summed E-state index contributed by atoms with van der Waals surface area (Å²) in [6.07, 6.45) is 2.98. The molecule has 0 saturated carbocycles. The molecule has 0 saturated heterocycles. The standard InChI is InChI=1S/C10H7ClN2O2/c1-15-10(14)6-4-8-9(13-5-6)7(11)2-3-12-8/h2-5H,1H3. The van der Waals surface area contributed by atoms with Gasteiger partial charge in [-0.2, -0.15) is 0 Å². The number of carbonyl (C=O) groups is 1. The van der Waals surface area contributed by atoms with Crippen molar-refractivity contribution in [2.45, 2.75) is 0 Å². The summed E-state index contributed by atoms with van der Waals surface area (Å²) in [5, 5.41) is 0.511. The lowest BCUT2D eigenvalue weighted by molar-refractivity contribution is 0.0600. The number of rotatable bonds is 1. The second kappa shape index (κ2) is 3.82. The summed E-state index contributed by atoms with van der Waals surface area (Å²) >= 11 is 5.90. The highest BCUT2D eigenvalue weighted by Crippen LogP contribution is 2.19. The van der Waals surface area contributed by atoms with Crippen molar-refractivity contribution in [3.8, 4) is 0 Å². The lowest BCUT2D eigenvalue weighted by Gasteiger charge is -2.01. The van der Waals surface area contributed by atoms with Crippen LogP contribution >= 0.6 is 11.6 Å². The van der Waals surface area contributed by atoms with E-state index in [1.54, 1.807) is 18.3 Å². The van der Waals surface area contributed by atoms with E-state index >= 15 is 0 Å². The molecule has 0 atom stereocenters. The van der Waals surface area contributed by atoms with Crippen LogP contribution in [0.15, 0.2) is 24.5 Å². The third-order valence-electron chi connectivity index (χ3n) is 1.95. The molecule has 0 N–H and O–H groups in total. The van der Waals surface area contributed by atoms with Crippen LogP contribution in [0.25, 0.3) is 11.0 Å². The Bertz CT molecular complexity index is 528. The van der Waals surface area contributed by atoms with E-state index in [1.165, 1.54) is 13.3 Å². The fraction of sp³-hybridized carbons (Fsp3) is 0.100. The van der Waals surface area contributed by atoms with Crippen LogP contribution in [0, 0.1) is 0 Å². The first-order valence-corrected chi connectivity index (χ1v) is 4.59. The van der Waals surface area contributed by atoms with Crippen LogP contribution in [0.4, 0.5) is 0 Å². The molecule has 0 aromatic carbocycles. The zero-order valence-corrected chi connectivity index (χ0v) is 8.65. The van der Waals surface area contributed by atoms with E-state index in [2.05, 4.69) is 14.7 Å². The number of hydrogen-bond acceptors (Lipinski definition) is 4. The topological polar surface area (TPSA) is 52.1 Å². The smallest absolute Gasteiger partial charge is 0.339 e. The minimum absolute atomic E-state index is 0.361. The molecule has 0 amide bonds. The van der Waals surface area contributed by atoms with Crippen molar-refractivity contribution in [1.82, 2.24) is 9.97 Å². The van der Waals surface area contributed by atoms with Crippen LogP contribution < -0.4 is 0 Å². The normalized spacial score (nSPS) is 10.3. The number of fused-ring (bicyclic) bond motifs is 1. The lowest BCUT2D eigenvalue weighted by atomic mass is 10.2. The second-order valence-electron chi connectivity index (χ2n) is 2.88. The first-order valence-electron chi connectivity index (χ1n) is 4.21. The van der Waals surface area contributed by atoms with Crippen molar-refractivity contribution in [2.24, 2.45) is 0 Å². The predicted octanol–water partition coefficient (Wildman–Crippen LogP) is 2.07. The number of ether oxygens (including phenoxy) is 1. The zero-order chi connectivity index (χ0) is 10.8. The minimum atomic E-state index is -0.439. The van der Waals surface area contributed by atoms with Gasteiger partial charge in [-0.25, -0.2) is 4.79 Å². The maximum absolute atomic E-state index is 11.2. The van der Waals surface area contributed by atoms with Crippen LogP contribution in [-0.2, 0) is 4.74 Å². The van der Waals surface area contributed by atoms with Crippen LogP contribution in [0.3, 0.4) is 0 Å². The van der Waals surface area contributed by atoms with E-state index in [4.69, 9.17) is 11.6 Å². The van der Waals surface area contributed by atoms with Crippen molar-refractivity contribution in [2.75, 3.05) is 7.11 Å². The van der Waals surface area contributed by atoms with Gasteiger partial charge in [0.2, 0.25) is 0 Å². The molecule has 0 aliphatic rings. The molecule has 2 aromatic heterocycles. The van der Waals surface area contributed by atoms with Crippen LogP contribution in [0.5, 0.6) is 0 Å². The monoisotopic (exact) mass is 222 g/mol. The van der Waals surface area contributed by atoms with Gasteiger partial charge in [0, 0.05) is 12.4 Å². The second-order valence-corrected chi connectivity index (χ2v) is 3.28. The molecule has 0 aliphatic carbocycles. The SMILES string of the molecule is COC(=O)c1cnc2c(Cl)ccnc2c1. The third-order valence-corrected chi connectivity index (χ3v) is 2.25. The number of hydrogen-bond donors (Lipinski definition) is 0. The number of carbonyl (C=O) groups excluding carboxylic acids is 1. The summed E-state index contributed by atoms with van der Waals surface area (Å²) in [6.45, 7) is 0. The first-order chi connectivity index (χ1) is 7.22. The van der Waals surface area contributed by atoms with Gasteiger partial charge >= 0.3 is 5.97 Å². The number of nitrogens with zero attached hydrogens (tertiary/aromatic N) is 2. The van der Waals surface area contributed by atoms with Crippen molar-refractivity contribution < 1.29 is 9.53 Å². The molecule has 2 rings (SSSR count). The Morgan fingerprint density at radius 3 is 3.00 bits per heavy atom. The fourth-order valence-corrected chi connectivity index (χ4v) is 1.43. The van der Waals surface area contributed by atoms with Crippen LogP contribution in [0.2, 0.25) is 5.02 Å². The van der Waals surface area contributed by atoms with Gasteiger partial charge in [-0.1, -0.05) is 11.6 Å². The molecular formula is C10H7ClN2O2. The highest BCUT2D eigenvalue weighted by molar-refractivity contribution is 6.34. The largest absolute Gasteiger partial charge is 0.465 e. The third kappa shape index (κ3) is 1.76. The predicted molar refractivity (Wildman–Crippen MR) is 55.9 cm³/mol. The summed E-state index contributed by atoms with van der Waals surface area (Å²) < 4.78 is 4.58. The number of halogens is 1. The summed E-state index contributed by atoms with van der Waals surface area (Å²) in [6, 6.07) is 3.24. The highest BCUT2D eigenvalue weighted by Gasteiger charge is 2.08. The molecule has 15 heavy (non-hydrogen) atoms. The molecule has 0 aliphatic heterocycles. The van der Waals surface area contributed by atoms with Gasteiger partial charge in [-0.3, -0.25) is 9.97 Å². The van der Waals surface area contributed by atoms with Gasteiger partial charge in [0.15, 0.2) is 0 Å². The van der Waals surface area contributed by atoms with Gasteiger partial charge in [-0.15, -0.1) is 0 Å². The Balaban J connectivity index is 2.62. The molecule has 0 radical (unpaired) electrons. The van der Waals surface area contributed by atoms with Gasteiger partial charge in [0.1, 0.15) is 5.52 Å². The molecule has 2 aromatic rings. The number of pyridine rings is 2. The van der Waals surface area contributed by atoms with Crippen molar-refractivity contribution in [1.29, 1.82) is 0 Å². The van der Waals surface area contributed by atoms with Crippen molar-refractivity contribution >= 4 is 28.6 Å². The Hall–Kier alpha value is -1.68. The average Bonchev–Trinajstić information content (AvgIpc) is 2.28. The summed E-state index contributed by atoms with van der Waals surface area (Å²) in [4.78, 5) is 19.3. The summed E-state index contributed by atoms with van der Waals surface area (Å²) in [7, 11) is 1.32. The molecule has 0 unspecified atom stereocenters. The first kappa shape index (κ1) is 9.86. The molecule has 76 valence electrons. The molecule has 0 bridgehead atoms. The Labute approximate surface area is 90.9 Å². The van der Waals surface area contributed by atoms with Crippen molar-refractivity contribution in [3.63, 3.8) is 0 Å². The van der Waals surface area contributed by atoms with Crippen LogP contribution in [0.1, 0.15) is 10.4 Å². The van der Waals surface area contributed by atoms with Gasteiger partial charge in [0.25, 0.3) is 0 Å². The maximum atomic E-state index is 11.2. The Morgan fingerprint density at radius 1 is 1.47 bits per heavy atom. The van der Waals surface area contributed by atoms with E-state index in [1.807, 2.05) is 0 Å². The van der Waals surface area contributed by atoms with E-state index in [0.717, 1.165) is 0 Å². The Kier molecular flexibility index (Phi) is 2.51. The lowest BCUT2D eigenvalue weighted by Crippen LogP contribution is -2.02. The minimum Gasteiger partial charge on any atom is -0.465 e. The molecule has 2 heterocycles. The zero-order valence-electron chi connectivity index (χ0n) is 7.90. The van der Waals surface area contributed by atoms with E-state index in [-0.39, 0.29) is 0 Å². The van der Waals surface area contributed by atoms with Gasteiger partial charge in [-0.05, 0) is 12.1 Å². The molecule has 0 spiro atoms. The van der Waals surface area contributed by atoms with Crippen molar-refractivity contribution in [3.05, 3.63) is 35.1 Å².